The van der Waals surface area contributed by atoms with Crippen LogP contribution in [-0.4, -0.2) is 29.0 Å². The van der Waals surface area contributed by atoms with Crippen molar-refractivity contribution >= 4 is 29.2 Å². The van der Waals surface area contributed by atoms with Gasteiger partial charge in [-0.05, 0) is 44.5 Å². The lowest BCUT2D eigenvalue weighted by molar-refractivity contribution is -0.123. The number of nitrogens with zero attached hydrogens (tertiary/aromatic N) is 1. The second-order valence-corrected chi connectivity index (χ2v) is 5.71. The van der Waals surface area contributed by atoms with Crippen molar-refractivity contribution in [2.75, 3.05) is 10.6 Å². The molecule has 0 spiro atoms. The topological polar surface area (TPSA) is 111 Å². The van der Waals surface area contributed by atoms with E-state index in [1.807, 2.05) is 6.92 Å². The number of benzene rings is 1. The largest absolute Gasteiger partial charge is 0.449 e. The molecule has 2 amide bonds. The van der Waals surface area contributed by atoms with E-state index >= 15 is 0 Å². The Balaban J connectivity index is 1.98. The Morgan fingerprint density at radius 3 is 2.27 bits per heavy atom. The van der Waals surface area contributed by atoms with Gasteiger partial charge in [-0.2, -0.15) is 0 Å². The Hall–Kier alpha value is -3.16. The van der Waals surface area contributed by atoms with Crippen LogP contribution in [0.15, 0.2) is 28.8 Å². The fourth-order valence-electron chi connectivity index (χ4n) is 2.28. The van der Waals surface area contributed by atoms with Crippen molar-refractivity contribution in [1.82, 2.24) is 5.16 Å². The molecule has 1 atom stereocenters. The molecule has 0 saturated carbocycles. The van der Waals surface area contributed by atoms with E-state index in [0.29, 0.717) is 29.2 Å². The minimum Gasteiger partial charge on any atom is -0.449 e. The molecule has 1 aromatic carbocycles. The van der Waals surface area contributed by atoms with E-state index in [1.165, 1.54) is 13.8 Å². The molecule has 1 unspecified atom stereocenters. The minimum absolute atomic E-state index is 0.183. The first-order valence-electron chi connectivity index (χ1n) is 8.16. The first kappa shape index (κ1) is 19.2. The maximum absolute atomic E-state index is 12.3. The van der Waals surface area contributed by atoms with Crippen LogP contribution in [-0.2, 0) is 20.7 Å². The number of hydrogen-bond acceptors (Lipinski definition) is 6. The first-order chi connectivity index (χ1) is 12.3. The van der Waals surface area contributed by atoms with Gasteiger partial charge < -0.3 is 19.9 Å². The van der Waals surface area contributed by atoms with Crippen molar-refractivity contribution in [1.29, 1.82) is 0 Å². The predicted octanol–water partition coefficient (Wildman–Crippen LogP) is 2.69. The van der Waals surface area contributed by atoms with Gasteiger partial charge in [-0.1, -0.05) is 12.1 Å². The highest BCUT2D eigenvalue weighted by Crippen LogP contribution is 2.17. The molecule has 0 aliphatic carbocycles. The summed E-state index contributed by atoms with van der Waals surface area (Å²) in [7, 11) is 0. The highest BCUT2D eigenvalue weighted by Gasteiger charge is 2.25. The zero-order valence-electron chi connectivity index (χ0n) is 15.1. The molecule has 0 aliphatic heterocycles. The fraction of sp³-hybridized carbons (Fsp3) is 0.333. The van der Waals surface area contributed by atoms with Crippen LogP contribution in [0.2, 0.25) is 0 Å². The number of esters is 1. The number of aromatic nitrogens is 1. The number of aryl methyl sites for hydroxylation is 2. The zero-order valence-corrected chi connectivity index (χ0v) is 15.1. The van der Waals surface area contributed by atoms with E-state index in [0.717, 1.165) is 0 Å². The van der Waals surface area contributed by atoms with Crippen molar-refractivity contribution in [3.63, 3.8) is 0 Å². The average Bonchev–Trinajstić information content (AvgIpc) is 2.96. The zero-order chi connectivity index (χ0) is 19.3. The summed E-state index contributed by atoms with van der Waals surface area (Å²) in [5, 5.41) is 9.08. The Bertz CT molecular complexity index is 811. The molecule has 1 heterocycles. The third kappa shape index (κ3) is 4.69. The van der Waals surface area contributed by atoms with Crippen LogP contribution in [0.5, 0.6) is 0 Å². The molecular formula is C18H21N3O5. The van der Waals surface area contributed by atoms with Crippen LogP contribution in [0, 0.1) is 6.92 Å². The highest BCUT2D eigenvalue weighted by molar-refractivity contribution is 5.98. The number of hydrogen-bond donors (Lipinski definition) is 2. The summed E-state index contributed by atoms with van der Waals surface area (Å²) in [5.41, 5.74) is 1.88. The van der Waals surface area contributed by atoms with Gasteiger partial charge >= 0.3 is 5.97 Å². The van der Waals surface area contributed by atoms with Gasteiger partial charge in [0.1, 0.15) is 11.3 Å². The Morgan fingerprint density at radius 1 is 1.15 bits per heavy atom. The lowest BCUT2D eigenvalue weighted by Gasteiger charge is -2.14. The average molecular weight is 359 g/mol. The molecule has 1 aromatic heterocycles. The second-order valence-electron chi connectivity index (χ2n) is 5.71. The van der Waals surface area contributed by atoms with E-state index in [9.17, 15) is 14.4 Å². The molecule has 8 nitrogen and oxygen atoms in total. The summed E-state index contributed by atoms with van der Waals surface area (Å²) in [4.78, 5) is 35.5. The molecule has 2 rings (SSSR count). The summed E-state index contributed by atoms with van der Waals surface area (Å²) in [6.45, 7) is 6.35. The Labute approximate surface area is 150 Å². The number of carbonyl (C=O) groups is 3. The summed E-state index contributed by atoms with van der Waals surface area (Å²) in [5.74, 6) is -0.951. The number of anilines is 2. The molecule has 0 aliphatic rings. The normalized spacial score (nSPS) is 11.5. The van der Waals surface area contributed by atoms with E-state index in [-0.39, 0.29) is 11.5 Å². The van der Waals surface area contributed by atoms with Gasteiger partial charge in [-0.15, -0.1) is 0 Å². The van der Waals surface area contributed by atoms with Crippen LogP contribution in [0.4, 0.5) is 11.4 Å². The minimum atomic E-state index is -1.00. The summed E-state index contributed by atoms with van der Waals surface area (Å²) in [6.07, 6.45) is -0.486. The van der Waals surface area contributed by atoms with Crippen molar-refractivity contribution in [3.05, 3.63) is 41.3 Å². The number of rotatable bonds is 6. The van der Waals surface area contributed by atoms with Gasteiger partial charge in [0.2, 0.25) is 5.91 Å². The van der Waals surface area contributed by atoms with Crippen LogP contribution in [0.3, 0.4) is 0 Å². The van der Waals surface area contributed by atoms with Gasteiger partial charge in [0.25, 0.3) is 5.91 Å². The molecule has 0 saturated heterocycles. The third-order valence-corrected chi connectivity index (χ3v) is 3.60. The van der Waals surface area contributed by atoms with Gasteiger partial charge in [0, 0.05) is 18.3 Å². The second kappa shape index (κ2) is 8.28. The molecule has 8 heteroatoms. The molecular weight excluding hydrogens is 338 g/mol. The van der Waals surface area contributed by atoms with Gasteiger partial charge in [0.05, 0.1) is 5.69 Å². The molecule has 0 bridgehead atoms. The Morgan fingerprint density at radius 2 is 1.73 bits per heavy atom. The summed E-state index contributed by atoms with van der Waals surface area (Å²) < 4.78 is 10.2. The van der Waals surface area contributed by atoms with Crippen molar-refractivity contribution < 1.29 is 23.6 Å². The Kier molecular flexibility index (Phi) is 6.11. The summed E-state index contributed by atoms with van der Waals surface area (Å²) in [6, 6.07) is 6.58. The molecule has 2 aromatic rings. The third-order valence-electron chi connectivity index (χ3n) is 3.60. The van der Waals surface area contributed by atoms with Gasteiger partial charge in [-0.25, -0.2) is 4.79 Å². The lowest BCUT2D eigenvalue weighted by Crippen LogP contribution is -2.30. The van der Waals surface area contributed by atoms with E-state index in [1.54, 1.807) is 31.2 Å². The predicted molar refractivity (Wildman–Crippen MR) is 94.9 cm³/mol. The molecule has 26 heavy (non-hydrogen) atoms. The molecule has 0 fully saturated rings. The van der Waals surface area contributed by atoms with E-state index < -0.39 is 18.0 Å². The number of ether oxygens (including phenoxy) is 1. The lowest BCUT2D eigenvalue weighted by atomic mass is 10.1. The first-order valence-corrected chi connectivity index (χ1v) is 8.16. The molecule has 2 N–H and O–H groups in total. The number of carbonyl (C=O) groups excluding carboxylic acids is 3. The van der Waals surface area contributed by atoms with Gasteiger partial charge in [-0.3, -0.25) is 9.59 Å². The van der Waals surface area contributed by atoms with E-state index in [4.69, 9.17) is 9.26 Å². The fourth-order valence-corrected chi connectivity index (χ4v) is 2.28. The van der Waals surface area contributed by atoms with Crippen molar-refractivity contribution in [2.45, 2.75) is 40.2 Å². The summed E-state index contributed by atoms with van der Waals surface area (Å²) >= 11 is 0. The highest BCUT2D eigenvalue weighted by atomic mass is 16.5. The molecule has 0 radical (unpaired) electrons. The molecule has 138 valence electrons. The van der Waals surface area contributed by atoms with Crippen molar-refractivity contribution in [3.8, 4) is 0 Å². The van der Waals surface area contributed by atoms with Crippen LogP contribution in [0.1, 0.15) is 42.6 Å². The standard InChI is InChI=1S/C18H21N3O5/c1-5-15-16(10(2)26-21-15)18(24)25-11(3)17(23)20-14-8-6-13(7-9-14)19-12(4)22/h6-9,11H,5H2,1-4H3,(H,19,22)(H,20,23). The quantitative estimate of drug-likeness (QED) is 0.767. The maximum atomic E-state index is 12.3. The van der Waals surface area contributed by atoms with Crippen LogP contribution >= 0.6 is 0 Å². The SMILES string of the molecule is CCc1noc(C)c1C(=O)OC(C)C(=O)Nc1ccc(NC(C)=O)cc1. The smallest absolute Gasteiger partial charge is 0.344 e. The number of amides is 2. The van der Waals surface area contributed by atoms with Crippen LogP contribution < -0.4 is 10.6 Å². The monoisotopic (exact) mass is 359 g/mol. The number of nitrogens with one attached hydrogen (secondary N) is 2. The van der Waals surface area contributed by atoms with Crippen molar-refractivity contribution in [2.24, 2.45) is 0 Å². The van der Waals surface area contributed by atoms with Crippen LogP contribution in [0.25, 0.3) is 0 Å². The van der Waals surface area contributed by atoms with E-state index in [2.05, 4.69) is 15.8 Å². The van der Waals surface area contributed by atoms with Gasteiger partial charge in [0.15, 0.2) is 6.10 Å². The maximum Gasteiger partial charge on any atom is 0.344 e.